The molecule has 4 nitrogen and oxygen atoms in total. The van der Waals surface area contributed by atoms with E-state index in [-0.39, 0.29) is 5.78 Å². The van der Waals surface area contributed by atoms with E-state index in [4.69, 9.17) is 4.74 Å². The molecular formula is C15H16Br2N2O2. The minimum absolute atomic E-state index is 0.00600. The van der Waals surface area contributed by atoms with Crippen LogP contribution >= 0.6 is 31.9 Å². The molecule has 0 bridgehead atoms. The van der Waals surface area contributed by atoms with Crippen LogP contribution in [0.3, 0.4) is 0 Å². The second-order valence-electron chi connectivity index (χ2n) is 5.64. The molecule has 6 heteroatoms. The van der Waals surface area contributed by atoms with Gasteiger partial charge in [-0.25, -0.2) is 4.98 Å². The van der Waals surface area contributed by atoms with Gasteiger partial charge >= 0.3 is 0 Å². The Morgan fingerprint density at radius 3 is 2.38 bits per heavy atom. The Bertz CT molecular complexity index is 634. The molecule has 1 atom stereocenters. The van der Waals surface area contributed by atoms with Gasteiger partial charge in [-0.2, -0.15) is 0 Å². The molecule has 0 saturated carbocycles. The molecule has 0 amide bonds. The highest BCUT2D eigenvalue weighted by Gasteiger charge is 2.32. The first kappa shape index (κ1) is 16.2. The van der Waals surface area contributed by atoms with Crippen molar-refractivity contribution in [1.82, 2.24) is 9.55 Å². The zero-order valence-corrected chi connectivity index (χ0v) is 15.2. The van der Waals surface area contributed by atoms with Crippen molar-refractivity contribution in [3.63, 3.8) is 0 Å². The molecule has 112 valence electrons. The standard InChI is InChI=1S/C15H16Br2N2O2/c1-15(2,3)12(20)14(19-8-4-5-9-19)21-10-6-7-11(16)18-13(10)17/h4-9,14H,1-3H3. The molecule has 0 aliphatic heterocycles. The number of hydrogen-bond donors (Lipinski definition) is 0. The van der Waals surface area contributed by atoms with Crippen molar-refractivity contribution < 1.29 is 9.53 Å². The molecule has 0 spiro atoms. The SMILES string of the molecule is CC(C)(C)C(=O)C(Oc1ccc(Br)nc1Br)n1cccc1. The van der Waals surface area contributed by atoms with E-state index in [9.17, 15) is 4.79 Å². The van der Waals surface area contributed by atoms with Crippen LogP contribution in [0.5, 0.6) is 5.75 Å². The van der Waals surface area contributed by atoms with Crippen LogP contribution in [-0.2, 0) is 4.79 Å². The van der Waals surface area contributed by atoms with Crippen molar-refractivity contribution in [3.8, 4) is 5.75 Å². The lowest BCUT2D eigenvalue weighted by molar-refractivity contribution is -0.137. The van der Waals surface area contributed by atoms with Crippen molar-refractivity contribution in [2.75, 3.05) is 0 Å². The first-order valence-electron chi connectivity index (χ1n) is 6.44. The highest BCUT2D eigenvalue weighted by Crippen LogP contribution is 2.31. The van der Waals surface area contributed by atoms with Gasteiger partial charge < -0.3 is 9.30 Å². The summed E-state index contributed by atoms with van der Waals surface area (Å²) in [5.41, 5.74) is -0.510. The quantitative estimate of drug-likeness (QED) is 0.685. The number of carbonyl (C=O) groups is 1. The molecule has 0 aliphatic rings. The molecule has 2 aromatic heterocycles. The minimum atomic E-state index is -0.723. The maximum atomic E-state index is 12.7. The largest absolute Gasteiger partial charge is 0.460 e. The number of Topliss-reactive ketones (excluding diaryl/α,β-unsaturated/α-hetero) is 1. The summed E-state index contributed by atoms with van der Waals surface area (Å²) in [5, 5.41) is 0. The minimum Gasteiger partial charge on any atom is -0.460 e. The molecule has 0 fully saturated rings. The summed E-state index contributed by atoms with van der Waals surface area (Å²) in [6.07, 6.45) is 2.91. The molecule has 0 N–H and O–H groups in total. The summed E-state index contributed by atoms with van der Waals surface area (Å²) < 4.78 is 8.92. The highest BCUT2D eigenvalue weighted by atomic mass is 79.9. The number of hydrogen-bond acceptors (Lipinski definition) is 3. The number of pyridine rings is 1. The summed E-state index contributed by atoms with van der Waals surface area (Å²) in [5.74, 6) is 0.517. The fourth-order valence-electron chi connectivity index (χ4n) is 1.73. The van der Waals surface area contributed by atoms with Crippen LogP contribution in [0, 0.1) is 5.41 Å². The van der Waals surface area contributed by atoms with Crippen LogP contribution in [0.15, 0.2) is 45.9 Å². The van der Waals surface area contributed by atoms with E-state index in [0.717, 1.165) is 0 Å². The van der Waals surface area contributed by atoms with E-state index in [2.05, 4.69) is 36.8 Å². The van der Waals surface area contributed by atoms with Crippen molar-refractivity contribution in [1.29, 1.82) is 0 Å². The third-order valence-corrected chi connectivity index (χ3v) is 3.89. The smallest absolute Gasteiger partial charge is 0.235 e. The predicted molar refractivity (Wildman–Crippen MR) is 88.2 cm³/mol. The van der Waals surface area contributed by atoms with Gasteiger partial charge in [0.2, 0.25) is 6.23 Å². The Hall–Kier alpha value is -1.14. The summed E-state index contributed by atoms with van der Waals surface area (Å²) in [7, 11) is 0. The number of rotatable bonds is 4. The first-order chi connectivity index (χ1) is 9.79. The van der Waals surface area contributed by atoms with Crippen LogP contribution in [0.2, 0.25) is 0 Å². The highest BCUT2D eigenvalue weighted by molar-refractivity contribution is 9.11. The average molecular weight is 416 g/mol. The lowest BCUT2D eigenvalue weighted by atomic mass is 9.89. The van der Waals surface area contributed by atoms with E-state index in [0.29, 0.717) is 15.0 Å². The molecule has 0 aliphatic carbocycles. The molecular weight excluding hydrogens is 400 g/mol. The lowest BCUT2D eigenvalue weighted by Crippen LogP contribution is -2.33. The summed E-state index contributed by atoms with van der Waals surface area (Å²) in [6.45, 7) is 5.64. The number of ketones is 1. The molecule has 2 rings (SSSR count). The van der Waals surface area contributed by atoms with E-state index in [1.165, 1.54) is 0 Å². The lowest BCUT2D eigenvalue weighted by Gasteiger charge is -2.26. The molecule has 0 aromatic carbocycles. The predicted octanol–water partition coefficient (Wildman–Crippen LogP) is 4.60. The van der Waals surface area contributed by atoms with Gasteiger partial charge in [-0.1, -0.05) is 20.8 Å². The fourth-order valence-corrected chi connectivity index (χ4v) is 2.70. The Labute approximate surface area is 140 Å². The van der Waals surface area contributed by atoms with Gasteiger partial charge in [0.15, 0.2) is 11.5 Å². The second-order valence-corrected chi connectivity index (χ2v) is 7.20. The van der Waals surface area contributed by atoms with Crippen molar-refractivity contribution in [2.24, 2.45) is 5.41 Å². The van der Waals surface area contributed by atoms with Gasteiger partial charge in [0, 0.05) is 17.8 Å². The van der Waals surface area contributed by atoms with Crippen LogP contribution in [0.25, 0.3) is 0 Å². The maximum absolute atomic E-state index is 12.7. The Morgan fingerprint density at radius 2 is 1.86 bits per heavy atom. The van der Waals surface area contributed by atoms with Gasteiger partial charge in [-0.3, -0.25) is 4.79 Å². The van der Waals surface area contributed by atoms with Crippen LogP contribution in [0.4, 0.5) is 0 Å². The van der Waals surface area contributed by atoms with Gasteiger partial charge in [0.05, 0.1) is 0 Å². The first-order valence-corrected chi connectivity index (χ1v) is 8.03. The van der Waals surface area contributed by atoms with Crippen LogP contribution in [-0.4, -0.2) is 15.3 Å². The molecule has 2 heterocycles. The average Bonchev–Trinajstić information content (AvgIpc) is 2.90. The van der Waals surface area contributed by atoms with E-state index < -0.39 is 11.6 Å². The van der Waals surface area contributed by atoms with E-state index >= 15 is 0 Å². The second kappa shape index (κ2) is 6.32. The Kier molecular flexibility index (Phi) is 4.88. The number of ether oxygens (including phenoxy) is 1. The zero-order chi connectivity index (χ0) is 15.6. The van der Waals surface area contributed by atoms with Gasteiger partial charge in [0.25, 0.3) is 0 Å². The normalized spacial score (nSPS) is 13.0. The van der Waals surface area contributed by atoms with Crippen LogP contribution in [0.1, 0.15) is 27.0 Å². The summed E-state index contributed by atoms with van der Waals surface area (Å²) >= 11 is 6.64. The Morgan fingerprint density at radius 1 is 1.24 bits per heavy atom. The van der Waals surface area contributed by atoms with Gasteiger partial charge in [0.1, 0.15) is 9.21 Å². The van der Waals surface area contributed by atoms with Gasteiger partial charge in [-0.05, 0) is 56.1 Å². The number of aromatic nitrogens is 2. The van der Waals surface area contributed by atoms with Crippen LogP contribution < -0.4 is 4.74 Å². The monoisotopic (exact) mass is 414 g/mol. The van der Waals surface area contributed by atoms with Crippen molar-refractivity contribution in [3.05, 3.63) is 45.9 Å². The topological polar surface area (TPSA) is 44.1 Å². The number of carbonyl (C=O) groups excluding carboxylic acids is 1. The zero-order valence-electron chi connectivity index (χ0n) is 12.0. The van der Waals surface area contributed by atoms with E-state index in [1.807, 2.05) is 45.3 Å². The Balaban J connectivity index is 2.35. The fraction of sp³-hybridized carbons (Fsp3) is 0.333. The summed E-state index contributed by atoms with van der Waals surface area (Å²) in [4.78, 5) is 16.9. The molecule has 21 heavy (non-hydrogen) atoms. The number of nitrogens with zero attached hydrogens (tertiary/aromatic N) is 2. The third kappa shape index (κ3) is 3.95. The molecule has 2 aromatic rings. The molecule has 1 unspecified atom stereocenters. The third-order valence-electron chi connectivity index (χ3n) is 2.88. The summed E-state index contributed by atoms with van der Waals surface area (Å²) in [6, 6.07) is 7.27. The van der Waals surface area contributed by atoms with Crippen molar-refractivity contribution >= 4 is 37.6 Å². The number of halogens is 2. The van der Waals surface area contributed by atoms with Crippen molar-refractivity contribution in [2.45, 2.75) is 27.0 Å². The van der Waals surface area contributed by atoms with E-state index in [1.54, 1.807) is 16.7 Å². The molecule has 0 radical (unpaired) electrons. The maximum Gasteiger partial charge on any atom is 0.235 e. The van der Waals surface area contributed by atoms with Gasteiger partial charge in [-0.15, -0.1) is 0 Å². The molecule has 0 saturated heterocycles.